The van der Waals surface area contributed by atoms with Crippen LogP contribution in [0.3, 0.4) is 0 Å². The molecule has 3 nitrogen and oxygen atoms in total. The summed E-state index contributed by atoms with van der Waals surface area (Å²) in [5.74, 6) is -1.36. The molecule has 0 bridgehead atoms. The van der Waals surface area contributed by atoms with Gasteiger partial charge in [-0.25, -0.2) is 0 Å². The molecule has 0 saturated heterocycles. The summed E-state index contributed by atoms with van der Waals surface area (Å²) < 4.78 is 5.04. The average molecular weight is 156 g/mol. The summed E-state index contributed by atoms with van der Waals surface area (Å²) in [6.45, 7) is 4.82. The van der Waals surface area contributed by atoms with Crippen molar-refractivity contribution in [2.45, 2.75) is 32.7 Å². The number of rotatable bonds is 0. The lowest BCUT2D eigenvalue weighted by atomic mass is 10.0. The van der Waals surface area contributed by atoms with Gasteiger partial charge in [-0.1, -0.05) is 0 Å². The van der Waals surface area contributed by atoms with Crippen LogP contribution in [-0.4, -0.2) is 22.8 Å². The van der Waals surface area contributed by atoms with E-state index in [-0.39, 0.29) is 5.78 Å². The highest BCUT2D eigenvalue weighted by atomic mass is 16.6. The second-order valence-electron chi connectivity index (χ2n) is 2.97. The van der Waals surface area contributed by atoms with Gasteiger partial charge in [-0.15, -0.1) is 0 Å². The zero-order valence-electron chi connectivity index (χ0n) is 6.92. The third-order valence-electron chi connectivity index (χ3n) is 1.90. The van der Waals surface area contributed by atoms with Gasteiger partial charge in [-0.05, 0) is 32.4 Å². The minimum Gasteiger partial charge on any atom is -0.362 e. The zero-order chi connectivity index (χ0) is 8.65. The molecule has 0 amide bonds. The number of hydrogen-bond donors (Lipinski definition) is 1. The smallest absolute Gasteiger partial charge is 0.186 e. The number of carbonyl (C=O) groups is 1. The van der Waals surface area contributed by atoms with Crippen molar-refractivity contribution >= 4 is 5.78 Å². The lowest BCUT2D eigenvalue weighted by molar-refractivity contribution is -0.195. The monoisotopic (exact) mass is 156 g/mol. The summed E-state index contributed by atoms with van der Waals surface area (Å²) in [5.41, 5.74) is 0.556. The highest BCUT2D eigenvalue weighted by Gasteiger charge is 2.33. The van der Waals surface area contributed by atoms with Gasteiger partial charge >= 0.3 is 0 Å². The number of hydrogen-bond acceptors (Lipinski definition) is 3. The van der Waals surface area contributed by atoms with E-state index >= 15 is 0 Å². The highest BCUT2D eigenvalue weighted by molar-refractivity contribution is 5.94. The first-order chi connectivity index (χ1) is 4.93. The SMILES string of the molecule is CC1=CC(=O)C(C)OC1(C)O. The molecule has 0 spiro atoms. The number of carbonyl (C=O) groups excluding carboxylic acids is 1. The molecule has 0 aliphatic carbocycles. The lowest BCUT2D eigenvalue weighted by Crippen LogP contribution is -2.40. The van der Waals surface area contributed by atoms with E-state index < -0.39 is 11.9 Å². The van der Waals surface area contributed by atoms with Gasteiger partial charge in [0.2, 0.25) is 0 Å². The Hall–Kier alpha value is -0.670. The van der Waals surface area contributed by atoms with Crippen molar-refractivity contribution in [1.82, 2.24) is 0 Å². The minimum absolute atomic E-state index is 0.0889. The maximum atomic E-state index is 11.0. The Morgan fingerprint density at radius 1 is 1.73 bits per heavy atom. The summed E-state index contributed by atoms with van der Waals surface area (Å²) in [4.78, 5) is 11.0. The van der Waals surface area contributed by atoms with E-state index in [1.54, 1.807) is 13.8 Å². The first-order valence-corrected chi connectivity index (χ1v) is 3.56. The molecule has 1 aliphatic heterocycles. The van der Waals surface area contributed by atoms with Gasteiger partial charge in [0, 0.05) is 0 Å². The van der Waals surface area contributed by atoms with Crippen molar-refractivity contribution in [3.8, 4) is 0 Å². The summed E-state index contributed by atoms with van der Waals surface area (Å²) in [7, 11) is 0. The Balaban J connectivity index is 2.95. The minimum atomic E-state index is -1.27. The molecule has 11 heavy (non-hydrogen) atoms. The van der Waals surface area contributed by atoms with E-state index in [4.69, 9.17) is 4.74 Å². The molecule has 2 atom stereocenters. The van der Waals surface area contributed by atoms with Gasteiger partial charge in [-0.3, -0.25) is 4.79 Å². The normalized spacial score (nSPS) is 38.7. The Morgan fingerprint density at radius 2 is 2.27 bits per heavy atom. The van der Waals surface area contributed by atoms with Crippen molar-refractivity contribution in [2.24, 2.45) is 0 Å². The van der Waals surface area contributed by atoms with Crippen LogP contribution in [0.5, 0.6) is 0 Å². The van der Waals surface area contributed by atoms with E-state index in [2.05, 4.69) is 0 Å². The molecule has 0 aromatic rings. The second kappa shape index (κ2) is 2.43. The third kappa shape index (κ3) is 1.49. The summed E-state index contributed by atoms with van der Waals surface area (Å²) in [6, 6.07) is 0. The first kappa shape index (κ1) is 8.43. The average Bonchev–Trinajstić information content (AvgIpc) is 1.83. The molecule has 0 fully saturated rings. The zero-order valence-corrected chi connectivity index (χ0v) is 6.92. The molecule has 1 aliphatic rings. The Morgan fingerprint density at radius 3 is 2.73 bits per heavy atom. The molecule has 3 heteroatoms. The Bertz CT molecular complexity index is 215. The Kier molecular flexibility index (Phi) is 1.86. The fraction of sp³-hybridized carbons (Fsp3) is 0.625. The molecular formula is C8H12O3. The van der Waals surface area contributed by atoms with Crippen molar-refractivity contribution in [1.29, 1.82) is 0 Å². The van der Waals surface area contributed by atoms with Gasteiger partial charge < -0.3 is 9.84 Å². The molecule has 0 radical (unpaired) electrons. The van der Waals surface area contributed by atoms with E-state index in [0.717, 1.165) is 0 Å². The standard InChI is InChI=1S/C8H12O3/c1-5-4-7(9)6(2)11-8(5,3)10/h4,6,10H,1-3H3. The third-order valence-corrected chi connectivity index (χ3v) is 1.90. The van der Waals surface area contributed by atoms with E-state index in [9.17, 15) is 9.90 Å². The molecule has 0 aromatic carbocycles. The van der Waals surface area contributed by atoms with Crippen LogP contribution in [0.25, 0.3) is 0 Å². The van der Waals surface area contributed by atoms with Crippen molar-refractivity contribution < 1.29 is 14.6 Å². The van der Waals surface area contributed by atoms with E-state index in [1.807, 2.05) is 0 Å². The molecule has 1 heterocycles. The Labute approximate surface area is 65.7 Å². The van der Waals surface area contributed by atoms with Gasteiger partial charge in [-0.2, -0.15) is 0 Å². The van der Waals surface area contributed by atoms with E-state index in [1.165, 1.54) is 13.0 Å². The van der Waals surface area contributed by atoms with Crippen LogP contribution in [0.4, 0.5) is 0 Å². The summed E-state index contributed by atoms with van der Waals surface area (Å²) in [5, 5.41) is 9.49. The first-order valence-electron chi connectivity index (χ1n) is 3.56. The molecule has 1 N–H and O–H groups in total. The predicted molar refractivity (Wildman–Crippen MR) is 39.9 cm³/mol. The topological polar surface area (TPSA) is 46.5 Å². The molecule has 2 unspecified atom stereocenters. The number of ketones is 1. The largest absolute Gasteiger partial charge is 0.362 e. The van der Waals surface area contributed by atoms with Crippen LogP contribution < -0.4 is 0 Å². The van der Waals surface area contributed by atoms with Crippen LogP contribution in [0, 0.1) is 0 Å². The van der Waals surface area contributed by atoms with Gasteiger partial charge in [0.15, 0.2) is 11.6 Å². The van der Waals surface area contributed by atoms with E-state index in [0.29, 0.717) is 5.57 Å². The number of ether oxygens (including phenoxy) is 1. The van der Waals surface area contributed by atoms with Gasteiger partial charge in [0.05, 0.1) is 0 Å². The molecule has 1 rings (SSSR count). The van der Waals surface area contributed by atoms with Crippen LogP contribution in [-0.2, 0) is 9.53 Å². The predicted octanol–water partition coefficient (Wildman–Crippen LogP) is 0.629. The van der Waals surface area contributed by atoms with Gasteiger partial charge in [0.1, 0.15) is 6.10 Å². The molecule has 62 valence electrons. The highest BCUT2D eigenvalue weighted by Crippen LogP contribution is 2.24. The van der Waals surface area contributed by atoms with Crippen LogP contribution in [0.2, 0.25) is 0 Å². The maximum absolute atomic E-state index is 11.0. The van der Waals surface area contributed by atoms with Crippen LogP contribution in [0.1, 0.15) is 20.8 Å². The second-order valence-corrected chi connectivity index (χ2v) is 2.97. The lowest BCUT2D eigenvalue weighted by Gasteiger charge is -2.31. The molecule has 0 saturated carbocycles. The van der Waals surface area contributed by atoms with Crippen molar-refractivity contribution in [3.63, 3.8) is 0 Å². The van der Waals surface area contributed by atoms with Crippen molar-refractivity contribution in [2.75, 3.05) is 0 Å². The fourth-order valence-corrected chi connectivity index (χ4v) is 0.960. The van der Waals surface area contributed by atoms with Crippen molar-refractivity contribution in [3.05, 3.63) is 11.6 Å². The quantitative estimate of drug-likeness (QED) is 0.559. The van der Waals surface area contributed by atoms with Crippen LogP contribution >= 0.6 is 0 Å². The summed E-state index contributed by atoms with van der Waals surface area (Å²) in [6.07, 6.45) is 0.891. The fourth-order valence-electron chi connectivity index (χ4n) is 0.960. The van der Waals surface area contributed by atoms with Crippen LogP contribution in [0.15, 0.2) is 11.6 Å². The van der Waals surface area contributed by atoms with Gasteiger partial charge in [0.25, 0.3) is 0 Å². The molecular weight excluding hydrogens is 144 g/mol. The summed E-state index contributed by atoms with van der Waals surface area (Å²) >= 11 is 0. The molecule has 0 aromatic heterocycles. The maximum Gasteiger partial charge on any atom is 0.186 e. The number of aliphatic hydroxyl groups is 1.